The van der Waals surface area contributed by atoms with E-state index in [0.717, 1.165) is 50.8 Å². The predicted molar refractivity (Wildman–Crippen MR) is 270 cm³/mol. The Balaban J connectivity index is 0.000000206. The van der Waals surface area contributed by atoms with Gasteiger partial charge in [-0.05, 0) is 106 Å². The Bertz CT molecular complexity index is 3010. The first-order valence-corrected chi connectivity index (χ1v) is 26.6. The number of para-hydroxylation sites is 4. The van der Waals surface area contributed by atoms with Gasteiger partial charge in [0.1, 0.15) is 0 Å². The fraction of sp³-hybridized carbons (Fsp3) is 0.276. The molecule has 0 amide bonds. The van der Waals surface area contributed by atoms with Gasteiger partial charge in [-0.25, -0.2) is 0 Å². The predicted octanol–water partition coefficient (Wildman–Crippen LogP) is 15.3. The molecule has 1 radical (unpaired) electrons. The molecule has 0 aliphatic heterocycles. The SMILES string of the molecule is C[Si](C)(C)c1cnc(-c2[c-]cccc2)cc1C1CCCCC1.Cc1cccc2c1c1cc(-c3nc4ccccc4n3-c3c(C(C)C)cccc3C(C)C)[c-]cc1n2-c1ccccc1.[Ir]. The van der Waals surface area contributed by atoms with E-state index in [9.17, 15) is 0 Å². The van der Waals surface area contributed by atoms with E-state index in [4.69, 9.17) is 9.97 Å². The number of hydrogen-bond acceptors (Lipinski definition) is 2. The molecule has 0 unspecified atom stereocenters. The average molecular weight is 1030 g/mol. The zero-order valence-electron chi connectivity index (χ0n) is 38.7. The van der Waals surface area contributed by atoms with Crippen LogP contribution in [0.25, 0.3) is 66.9 Å². The van der Waals surface area contributed by atoms with Crippen molar-refractivity contribution in [1.82, 2.24) is 19.1 Å². The van der Waals surface area contributed by atoms with Gasteiger partial charge < -0.3 is 14.1 Å². The summed E-state index contributed by atoms with van der Waals surface area (Å²) in [6, 6.07) is 54.4. The van der Waals surface area contributed by atoms with Crippen LogP contribution in [0.15, 0.2) is 140 Å². The molecule has 1 fully saturated rings. The fourth-order valence-corrected chi connectivity index (χ4v) is 11.5. The van der Waals surface area contributed by atoms with Gasteiger partial charge in [0.25, 0.3) is 0 Å². The van der Waals surface area contributed by atoms with Gasteiger partial charge in [0, 0.05) is 43.2 Å². The molecule has 0 bridgehead atoms. The molecule has 0 N–H and O–H groups in total. The number of benzene rings is 6. The van der Waals surface area contributed by atoms with Crippen molar-refractivity contribution in [2.24, 2.45) is 0 Å². The topological polar surface area (TPSA) is 35.6 Å². The Hall–Kier alpha value is -5.39. The quantitative estimate of drug-likeness (QED) is 0.112. The molecule has 3 heterocycles. The first kappa shape index (κ1) is 45.2. The van der Waals surface area contributed by atoms with E-state index in [1.807, 2.05) is 12.1 Å². The molecule has 4 nitrogen and oxygen atoms in total. The van der Waals surface area contributed by atoms with Gasteiger partial charge in [-0.2, -0.15) is 0 Å². The van der Waals surface area contributed by atoms with E-state index in [1.165, 1.54) is 70.8 Å². The second-order valence-electron chi connectivity index (χ2n) is 19.2. The smallest absolute Gasteiger partial charge is 0.0799 e. The van der Waals surface area contributed by atoms with Crippen LogP contribution in [-0.2, 0) is 20.1 Å². The molecule has 6 aromatic carbocycles. The van der Waals surface area contributed by atoms with E-state index in [0.29, 0.717) is 11.8 Å². The summed E-state index contributed by atoms with van der Waals surface area (Å²) in [6.45, 7) is 18.6. The van der Waals surface area contributed by atoms with E-state index in [1.54, 1.807) is 10.8 Å². The summed E-state index contributed by atoms with van der Waals surface area (Å²) >= 11 is 0. The second-order valence-corrected chi connectivity index (χ2v) is 24.2. The standard InChI is InChI=1S/C38H34N3.C20H26NSi.Ir/c1-24(2)29-16-12-17-30(25(3)4)37(29)41-34-19-10-9-18-32(34)39-38(41)27-21-22-33-31(23-27)36-26(5)13-11-20-35(36)40(33)28-14-7-6-8-15-28;1-22(2,3)20-15-21-19(17-12-8-5-9-13-17)14-18(20)16-10-6-4-7-11-16;/h6-20,22-25H,1-5H3;5,8-9,12,14-16H,4,6-7,10-11H2,1-3H3;/q2*-1;. The molecular formula is C58H60IrN4Si-2. The summed E-state index contributed by atoms with van der Waals surface area (Å²) in [5.74, 6) is 2.41. The molecule has 10 rings (SSSR count). The minimum Gasteiger partial charge on any atom is -0.351 e. The van der Waals surface area contributed by atoms with E-state index >= 15 is 0 Å². The monoisotopic (exact) mass is 1030 g/mol. The molecule has 0 saturated heterocycles. The Kier molecular flexibility index (Phi) is 13.4. The van der Waals surface area contributed by atoms with Crippen molar-refractivity contribution in [3.05, 3.63) is 174 Å². The van der Waals surface area contributed by atoms with Crippen LogP contribution in [0, 0.1) is 19.1 Å². The van der Waals surface area contributed by atoms with Crippen molar-refractivity contribution in [3.63, 3.8) is 0 Å². The number of fused-ring (bicyclic) bond motifs is 4. The number of aromatic nitrogens is 4. The van der Waals surface area contributed by atoms with Crippen molar-refractivity contribution in [2.75, 3.05) is 0 Å². The van der Waals surface area contributed by atoms with Crippen molar-refractivity contribution < 1.29 is 20.1 Å². The van der Waals surface area contributed by atoms with Crippen LogP contribution in [0.1, 0.15) is 99.8 Å². The zero-order chi connectivity index (χ0) is 43.8. The maximum atomic E-state index is 5.26. The fourth-order valence-electron chi connectivity index (χ4n) is 9.92. The zero-order valence-corrected chi connectivity index (χ0v) is 42.1. The van der Waals surface area contributed by atoms with Crippen LogP contribution in [0.2, 0.25) is 19.6 Å². The molecule has 0 spiro atoms. The number of rotatable bonds is 8. The normalized spacial score (nSPS) is 13.4. The number of imidazole rings is 1. The molecule has 3 aromatic heterocycles. The van der Waals surface area contributed by atoms with Crippen LogP contribution in [0.5, 0.6) is 0 Å². The summed E-state index contributed by atoms with van der Waals surface area (Å²) < 4.78 is 4.74. The van der Waals surface area contributed by atoms with Crippen molar-refractivity contribution in [3.8, 4) is 34.0 Å². The van der Waals surface area contributed by atoms with E-state index in [2.05, 4.69) is 203 Å². The number of aryl methyl sites for hydroxylation is 1. The Morgan fingerprint density at radius 2 is 1.33 bits per heavy atom. The Morgan fingerprint density at radius 3 is 2.02 bits per heavy atom. The largest absolute Gasteiger partial charge is 0.351 e. The van der Waals surface area contributed by atoms with Gasteiger partial charge >= 0.3 is 0 Å². The van der Waals surface area contributed by atoms with E-state index in [-0.39, 0.29) is 20.1 Å². The summed E-state index contributed by atoms with van der Waals surface area (Å²) in [6.07, 6.45) is 9.03. The Labute approximate surface area is 395 Å². The second kappa shape index (κ2) is 19.0. The summed E-state index contributed by atoms with van der Waals surface area (Å²) in [7, 11) is -1.36. The Morgan fingerprint density at radius 1 is 0.656 bits per heavy atom. The average Bonchev–Trinajstić information content (AvgIpc) is 3.86. The minimum absolute atomic E-state index is 0. The van der Waals surface area contributed by atoms with Crippen LogP contribution < -0.4 is 5.19 Å². The first-order chi connectivity index (χ1) is 30.5. The molecule has 64 heavy (non-hydrogen) atoms. The molecule has 9 aromatic rings. The van der Waals surface area contributed by atoms with Crippen LogP contribution in [-0.4, -0.2) is 27.2 Å². The van der Waals surface area contributed by atoms with Gasteiger partial charge in [0.05, 0.1) is 24.9 Å². The first-order valence-electron chi connectivity index (χ1n) is 23.1. The molecule has 1 saturated carbocycles. The third-order valence-corrected chi connectivity index (χ3v) is 15.1. The molecule has 6 heteroatoms. The van der Waals surface area contributed by atoms with Gasteiger partial charge in [-0.3, -0.25) is 4.98 Å². The van der Waals surface area contributed by atoms with Crippen molar-refractivity contribution in [1.29, 1.82) is 0 Å². The van der Waals surface area contributed by atoms with Crippen LogP contribution in [0.3, 0.4) is 0 Å². The molecule has 0 atom stereocenters. The summed E-state index contributed by atoms with van der Waals surface area (Å²) in [5.41, 5.74) is 15.6. The summed E-state index contributed by atoms with van der Waals surface area (Å²) in [5, 5.41) is 4.05. The maximum absolute atomic E-state index is 5.26. The molecule has 1 aliphatic rings. The number of pyridine rings is 1. The van der Waals surface area contributed by atoms with Gasteiger partial charge in [-0.1, -0.05) is 144 Å². The third kappa shape index (κ3) is 8.73. The molecular weight excluding hydrogens is 973 g/mol. The van der Waals surface area contributed by atoms with Crippen LogP contribution in [0.4, 0.5) is 0 Å². The van der Waals surface area contributed by atoms with Crippen LogP contribution >= 0.6 is 0 Å². The van der Waals surface area contributed by atoms with Crippen molar-refractivity contribution in [2.45, 2.75) is 104 Å². The van der Waals surface area contributed by atoms with Gasteiger partial charge in [0.15, 0.2) is 0 Å². The minimum atomic E-state index is -1.36. The third-order valence-electron chi connectivity index (χ3n) is 13.1. The number of nitrogens with zero attached hydrogens (tertiary/aromatic N) is 4. The molecule has 1 aliphatic carbocycles. The van der Waals surface area contributed by atoms with Gasteiger partial charge in [0.2, 0.25) is 0 Å². The van der Waals surface area contributed by atoms with E-state index < -0.39 is 8.07 Å². The molecule has 327 valence electrons. The number of hydrogen-bond donors (Lipinski definition) is 0. The summed E-state index contributed by atoms with van der Waals surface area (Å²) in [4.78, 5) is 10.0. The van der Waals surface area contributed by atoms with Gasteiger partial charge in [-0.15, -0.1) is 59.7 Å². The van der Waals surface area contributed by atoms with Crippen molar-refractivity contribution >= 4 is 46.1 Å². The maximum Gasteiger partial charge on any atom is 0.0799 e.